The second-order valence-electron chi connectivity index (χ2n) is 6.52. The van der Waals surface area contributed by atoms with Crippen molar-refractivity contribution < 1.29 is 8.78 Å². The number of para-hydroxylation sites is 1. The first kappa shape index (κ1) is 17.7. The largest absolute Gasteiger partial charge is 0.339 e. The van der Waals surface area contributed by atoms with Crippen LogP contribution in [0.2, 0.25) is 0 Å². The van der Waals surface area contributed by atoms with Gasteiger partial charge in [0.25, 0.3) is 0 Å². The lowest BCUT2D eigenvalue weighted by atomic mass is 10.1. The van der Waals surface area contributed by atoms with E-state index in [0.29, 0.717) is 11.5 Å². The van der Waals surface area contributed by atoms with Crippen LogP contribution in [-0.2, 0) is 6.42 Å². The summed E-state index contributed by atoms with van der Waals surface area (Å²) in [5, 5.41) is 5.54. The molecule has 0 radical (unpaired) electrons. The molecule has 0 unspecified atom stereocenters. The topological polar surface area (TPSA) is 29.3 Å². The van der Waals surface area contributed by atoms with Gasteiger partial charge in [-0.05, 0) is 43.5 Å². The molecule has 0 saturated heterocycles. The number of fused-ring (bicyclic) bond motifs is 1. The Labute approximate surface area is 160 Å². The number of benzene rings is 2. The van der Waals surface area contributed by atoms with Crippen LogP contribution in [-0.4, -0.2) is 9.38 Å². The molecule has 0 fully saturated rings. The third kappa shape index (κ3) is 3.00. The van der Waals surface area contributed by atoms with Gasteiger partial charge in [0.05, 0.1) is 0 Å². The quantitative estimate of drug-likeness (QED) is 0.450. The number of aryl methyl sites for hydroxylation is 3. The number of nitrogens with zero attached hydrogens (tertiary/aromatic N) is 2. The van der Waals surface area contributed by atoms with Crippen molar-refractivity contribution in [3.63, 3.8) is 0 Å². The minimum atomic E-state index is -0.622. The summed E-state index contributed by atoms with van der Waals surface area (Å²) in [7, 11) is 0. The lowest BCUT2D eigenvalue weighted by Gasteiger charge is -2.14. The van der Waals surface area contributed by atoms with E-state index in [1.54, 1.807) is 0 Å². The van der Waals surface area contributed by atoms with E-state index < -0.39 is 11.6 Å². The minimum Gasteiger partial charge on any atom is -0.339 e. The lowest BCUT2D eigenvalue weighted by Crippen LogP contribution is -2.02. The Morgan fingerprint density at radius 1 is 1.11 bits per heavy atom. The molecule has 0 aliphatic heterocycles. The zero-order valence-corrected chi connectivity index (χ0v) is 16.1. The average molecular weight is 383 g/mol. The Kier molecular flexibility index (Phi) is 4.44. The standard InChI is InChI=1S/C21H19F2N3S/c1-4-15-11-27-21-25-19(16-9-8-14(22)10-17(16)23)20(26(15)21)24-18-12(2)6-5-7-13(18)3/h5-11,24H,4H2,1-3H3. The van der Waals surface area contributed by atoms with Crippen LogP contribution in [0.5, 0.6) is 0 Å². The Balaban J connectivity index is 1.97. The fourth-order valence-electron chi connectivity index (χ4n) is 3.27. The normalized spacial score (nSPS) is 11.3. The van der Waals surface area contributed by atoms with Gasteiger partial charge in [0.15, 0.2) is 4.96 Å². The summed E-state index contributed by atoms with van der Waals surface area (Å²) in [6.07, 6.45) is 0.823. The van der Waals surface area contributed by atoms with E-state index in [1.807, 2.05) is 36.4 Å². The van der Waals surface area contributed by atoms with E-state index in [1.165, 1.54) is 23.5 Å². The molecule has 3 nitrogen and oxygen atoms in total. The highest BCUT2D eigenvalue weighted by atomic mass is 32.1. The zero-order valence-electron chi connectivity index (χ0n) is 15.3. The third-order valence-corrected chi connectivity index (χ3v) is 5.58. The van der Waals surface area contributed by atoms with Gasteiger partial charge in [-0.2, -0.15) is 0 Å². The van der Waals surface area contributed by atoms with Gasteiger partial charge in [-0.25, -0.2) is 13.8 Å². The number of halogens is 2. The minimum absolute atomic E-state index is 0.281. The number of thiazole rings is 1. The van der Waals surface area contributed by atoms with E-state index in [0.717, 1.165) is 40.0 Å². The van der Waals surface area contributed by atoms with Crippen molar-refractivity contribution in [2.45, 2.75) is 27.2 Å². The van der Waals surface area contributed by atoms with Crippen molar-refractivity contribution in [1.29, 1.82) is 0 Å². The van der Waals surface area contributed by atoms with Gasteiger partial charge in [0.2, 0.25) is 0 Å². The Morgan fingerprint density at radius 3 is 2.52 bits per heavy atom. The van der Waals surface area contributed by atoms with Crippen LogP contribution in [0.4, 0.5) is 20.3 Å². The number of hydrogen-bond donors (Lipinski definition) is 1. The van der Waals surface area contributed by atoms with Crippen molar-refractivity contribution in [2.24, 2.45) is 0 Å². The van der Waals surface area contributed by atoms with Gasteiger partial charge in [-0.15, -0.1) is 11.3 Å². The molecule has 0 aliphatic rings. The van der Waals surface area contributed by atoms with Crippen LogP contribution < -0.4 is 5.32 Å². The van der Waals surface area contributed by atoms with Gasteiger partial charge >= 0.3 is 0 Å². The summed E-state index contributed by atoms with van der Waals surface area (Å²) in [5.74, 6) is -0.523. The van der Waals surface area contributed by atoms with Crippen LogP contribution in [0.15, 0.2) is 41.8 Å². The van der Waals surface area contributed by atoms with Crippen molar-refractivity contribution >= 4 is 27.8 Å². The Bertz CT molecular complexity index is 1120. The monoisotopic (exact) mass is 383 g/mol. The van der Waals surface area contributed by atoms with Gasteiger partial charge in [0.1, 0.15) is 23.1 Å². The molecule has 6 heteroatoms. The van der Waals surface area contributed by atoms with E-state index in [4.69, 9.17) is 0 Å². The first-order valence-corrected chi connectivity index (χ1v) is 9.65. The maximum absolute atomic E-state index is 14.5. The number of imidazole rings is 1. The highest BCUT2D eigenvalue weighted by Gasteiger charge is 2.21. The number of aromatic nitrogens is 2. The molecule has 2 heterocycles. The Morgan fingerprint density at radius 2 is 1.85 bits per heavy atom. The zero-order chi connectivity index (χ0) is 19.1. The molecule has 4 aromatic rings. The van der Waals surface area contributed by atoms with Crippen LogP contribution in [0.1, 0.15) is 23.7 Å². The number of hydrogen-bond acceptors (Lipinski definition) is 3. The van der Waals surface area contributed by atoms with E-state index in [2.05, 4.69) is 22.6 Å². The molecular weight excluding hydrogens is 364 g/mol. The van der Waals surface area contributed by atoms with E-state index in [-0.39, 0.29) is 5.56 Å². The molecule has 1 N–H and O–H groups in total. The predicted octanol–water partition coefficient (Wildman–Crippen LogP) is 6.26. The number of nitrogens with one attached hydrogen (secondary N) is 1. The molecule has 0 atom stereocenters. The SMILES string of the molecule is CCc1csc2nc(-c3ccc(F)cc3F)c(Nc3c(C)cccc3C)n12. The summed E-state index contributed by atoms with van der Waals surface area (Å²) >= 11 is 1.51. The van der Waals surface area contributed by atoms with Crippen molar-refractivity contribution in [2.75, 3.05) is 5.32 Å². The van der Waals surface area contributed by atoms with Gasteiger partial charge < -0.3 is 5.32 Å². The molecule has 4 rings (SSSR count). The second kappa shape index (κ2) is 6.78. The van der Waals surface area contributed by atoms with E-state index in [9.17, 15) is 8.78 Å². The predicted molar refractivity (Wildman–Crippen MR) is 107 cm³/mol. The van der Waals surface area contributed by atoms with E-state index >= 15 is 0 Å². The van der Waals surface area contributed by atoms with Crippen LogP contribution in [0.3, 0.4) is 0 Å². The maximum Gasteiger partial charge on any atom is 0.196 e. The first-order valence-electron chi connectivity index (χ1n) is 8.77. The molecule has 0 spiro atoms. The summed E-state index contributed by atoms with van der Waals surface area (Å²) in [6.45, 7) is 6.13. The molecule has 0 saturated carbocycles. The van der Waals surface area contributed by atoms with Gasteiger partial charge in [-0.1, -0.05) is 25.1 Å². The molecule has 27 heavy (non-hydrogen) atoms. The maximum atomic E-state index is 14.5. The fraction of sp³-hybridized carbons (Fsp3) is 0.190. The van der Waals surface area contributed by atoms with Crippen LogP contribution in [0, 0.1) is 25.5 Å². The summed E-state index contributed by atoms with van der Waals surface area (Å²) in [4.78, 5) is 5.43. The van der Waals surface area contributed by atoms with Gasteiger partial charge in [-0.3, -0.25) is 4.40 Å². The number of rotatable bonds is 4. The molecule has 0 amide bonds. The third-order valence-electron chi connectivity index (χ3n) is 4.71. The fourth-order valence-corrected chi connectivity index (χ4v) is 4.25. The molecule has 0 aliphatic carbocycles. The second-order valence-corrected chi connectivity index (χ2v) is 7.36. The van der Waals surface area contributed by atoms with Crippen LogP contribution >= 0.6 is 11.3 Å². The molecule has 2 aromatic carbocycles. The highest BCUT2D eigenvalue weighted by Crippen LogP contribution is 2.37. The van der Waals surface area contributed by atoms with Gasteiger partial charge in [0, 0.05) is 28.4 Å². The summed E-state index contributed by atoms with van der Waals surface area (Å²) < 4.78 is 29.9. The highest BCUT2D eigenvalue weighted by molar-refractivity contribution is 7.15. The van der Waals surface area contributed by atoms with Crippen LogP contribution in [0.25, 0.3) is 16.2 Å². The molecule has 2 aromatic heterocycles. The molecular formula is C21H19F2N3S. The Hall–Kier alpha value is -2.73. The van der Waals surface area contributed by atoms with Crippen molar-refractivity contribution in [1.82, 2.24) is 9.38 Å². The molecule has 138 valence electrons. The average Bonchev–Trinajstić information content (AvgIpc) is 3.18. The smallest absolute Gasteiger partial charge is 0.196 e. The summed E-state index contributed by atoms with van der Waals surface area (Å²) in [6, 6.07) is 9.66. The summed E-state index contributed by atoms with van der Waals surface area (Å²) in [5.41, 5.74) is 4.99. The van der Waals surface area contributed by atoms with Crippen molar-refractivity contribution in [3.8, 4) is 11.3 Å². The lowest BCUT2D eigenvalue weighted by molar-refractivity contribution is 0.585. The first-order chi connectivity index (χ1) is 13.0. The van der Waals surface area contributed by atoms with Crippen molar-refractivity contribution in [3.05, 3.63) is 70.2 Å². The molecule has 0 bridgehead atoms. The number of anilines is 2.